The van der Waals surface area contributed by atoms with Gasteiger partial charge in [0, 0.05) is 38.6 Å². The average Bonchev–Trinajstić information content (AvgIpc) is 2.72. The fourth-order valence-corrected chi connectivity index (χ4v) is 3.61. The van der Waals surface area contributed by atoms with E-state index in [4.69, 9.17) is 9.47 Å². The molecule has 0 spiro atoms. The lowest BCUT2D eigenvalue weighted by Crippen LogP contribution is -2.51. The summed E-state index contributed by atoms with van der Waals surface area (Å²) in [5.41, 5.74) is 1.03. The van der Waals surface area contributed by atoms with E-state index in [-0.39, 0.29) is 23.8 Å². The zero-order chi connectivity index (χ0) is 21.4. The molecular weight excluding hydrogens is 372 g/mol. The summed E-state index contributed by atoms with van der Waals surface area (Å²) in [6.07, 6.45) is 0.680. The summed E-state index contributed by atoms with van der Waals surface area (Å²) >= 11 is 0. The predicted octanol–water partition coefficient (Wildman–Crippen LogP) is 1.52. The fourth-order valence-electron chi connectivity index (χ4n) is 3.61. The lowest BCUT2D eigenvalue weighted by Gasteiger charge is -2.37. The van der Waals surface area contributed by atoms with E-state index >= 15 is 0 Å². The van der Waals surface area contributed by atoms with Gasteiger partial charge in [0.15, 0.2) is 11.5 Å². The first-order valence-corrected chi connectivity index (χ1v) is 10.1. The third kappa shape index (κ3) is 6.25. The minimum absolute atomic E-state index is 0.00803. The van der Waals surface area contributed by atoms with Gasteiger partial charge in [0.05, 0.1) is 20.1 Å². The molecule has 1 aromatic carbocycles. The van der Waals surface area contributed by atoms with Crippen molar-refractivity contribution in [3.05, 3.63) is 23.8 Å². The van der Waals surface area contributed by atoms with Crippen molar-refractivity contribution in [2.45, 2.75) is 19.3 Å². The van der Waals surface area contributed by atoms with Crippen LogP contribution in [0.1, 0.15) is 24.8 Å². The van der Waals surface area contributed by atoms with E-state index in [0.717, 1.165) is 12.1 Å². The number of rotatable bonds is 8. The Balaban J connectivity index is 2.19. The number of carbonyl (C=O) groups excluding carboxylic acids is 2. The Morgan fingerprint density at radius 2 is 1.86 bits per heavy atom. The van der Waals surface area contributed by atoms with Crippen LogP contribution in [0.2, 0.25) is 0 Å². The second-order valence-electron chi connectivity index (χ2n) is 7.58. The smallest absolute Gasteiger partial charge is 0.317 e. The van der Waals surface area contributed by atoms with E-state index in [9.17, 15) is 9.59 Å². The fraction of sp³-hybridized carbons (Fsp3) is 0.619. The molecule has 1 aliphatic heterocycles. The Morgan fingerprint density at radius 3 is 2.48 bits per heavy atom. The molecule has 29 heavy (non-hydrogen) atoms. The molecule has 8 nitrogen and oxygen atoms in total. The minimum Gasteiger partial charge on any atom is -0.493 e. The van der Waals surface area contributed by atoms with E-state index in [1.165, 1.54) is 0 Å². The van der Waals surface area contributed by atoms with Gasteiger partial charge in [-0.2, -0.15) is 0 Å². The van der Waals surface area contributed by atoms with Crippen LogP contribution in [0.25, 0.3) is 0 Å². The number of piperidine rings is 1. The maximum absolute atomic E-state index is 12.8. The molecule has 162 valence electrons. The molecule has 1 aromatic rings. The number of hydrogen-bond acceptors (Lipinski definition) is 5. The maximum Gasteiger partial charge on any atom is 0.317 e. The summed E-state index contributed by atoms with van der Waals surface area (Å²) < 4.78 is 10.8. The topological polar surface area (TPSA) is 83.1 Å². The van der Waals surface area contributed by atoms with Crippen LogP contribution in [0, 0.1) is 5.92 Å². The molecule has 1 aliphatic rings. The molecule has 0 aromatic heterocycles. The number of hydrogen-bond donors (Lipinski definition) is 2. The summed E-state index contributed by atoms with van der Waals surface area (Å²) in [6, 6.07) is 5.65. The van der Waals surface area contributed by atoms with Gasteiger partial charge in [-0.1, -0.05) is 6.07 Å². The Bertz CT molecular complexity index is 695. The molecule has 1 heterocycles. The van der Waals surface area contributed by atoms with E-state index in [2.05, 4.69) is 10.6 Å². The standard InChI is InChI=1S/C21H34N4O4/c1-6-22-21(27)25-13-16(15-7-8-18(28-4)19(12-15)29-5)11-17(14-25)20(26)23-9-10-24(2)3/h7-8,12,16-17H,6,9-11,13-14H2,1-5H3,(H,22,27)(H,23,26). The number of urea groups is 1. The highest BCUT2D eigenvalue weighted by atomic mass is 16.5. The lowest BCUT2D eigenvalue weighted by atomic mass is 9.84. The number of ether oxygens (including phenoxy) is 2. The molecule has 1 fully saturated rings. The van der Waals surface area contributed by atoms with Gasteiger partial charge in [-0.05, 0) is 45.1 Å². The van der Waals surface area contributed by atoms with Crippen LogP contribution in [0.5, 0.6) is 11.5 Å². The summed E-state index contributed by atoms with van der Waals surface area (Å²) in [5.74, 6) is 1.08. The summed E-state index contributed by atoms with van der Waals surface area (Å²) in [7, 11) is 7.14. The Hall–Kier alpha value is -2.48. The molecule has 3 amide bonds. The van der Waals surface area contributed by atoms with Crippen molar-refractivity contribution in [1.82, 2.24) is 20.4 Å². The molecule has 0 radical (unpaired) electrons. The van der Waals surface area contributed by atoms with Gasteiger partial charge in [0.25, 0.3) is 0 Å². The molecule has 1 saturated heterocycles. The molecule has 0 saturated carbocycles. The highest BCUT2D eigenvalue weighted by Crippen LogP contribution is 2.35. The van der Waals surface area contributed by atoms with Crippen LogP contribution in [0.15, 0.2) is 18.2 Å². The van der Waals surface area contributed by atoms with Crippen molar-refractivity contribution in [2.75, 3.05) is 61.0 Å². The number of likely N-dealkylation sites (tertiary alicyclic amines) is 1. The van der Waals surface area contributed by atoms with Crippen LogP contribution in [0.3, 0.4) is 0 Å². The molecule has 2 atom stereocenters. The van der Waals surface area contributed by atoms with Crippen LogP contribution in [0.4, 0.5) is 4.79 Å². The number of methoxy groups -OCH3 is 2. The van der Waals surface area contributed by atoms with Gasteiger partial charge in [-0.25, -0.2) is 4.79 Å². The Morgan fingerprint density at radius 1 is 1.14 bits per heavy atom. The third-order valence-corrected chi connectivity index (χ3v) is 5.17. The molecule has 8 heteroatoms. The first-order chi connectivity index (χ1) is 13.9. The van der Waals surface area contributed by atoms with Crippen molar-refractivity contribution < 1.29 is 19.1 Å². The number of nitrogens with zero attached hydrogens (tertiary/aromatic N) is 2. The van der Waals surface area contributed by atoms with Crippen molar-refractivity contribution in [3.8, 4) is 11.5 Å². The predicted molar refractivity (Wildman–Crippen MR) is 113 cm³/mol. The van der Waals surface area contributed by atoms with Gasteiger partial charge < -0.3 is 29.9 Å². The molecular formula is C21H34N4O4. The number of benzene rings is 1. The second-order valence-corrected chi connectivity index (χ2v) is 7.58. The van der Waals surface area contributed by atoms with Crippen molar-refractivity contribution in [3.63, 3.8) is 0 Å². The zero-order valence-corrected chi connectivity index (χ0v) is 18.2. The maximum atomic E-state index is 12.8. The van der Waals surface area contributed by atoms with E-state index in [0.29, 0.717) is 44.1 Å². The van der Waals surface area contributed by atoms with Crippen molar-refractivity contribution >= 4 is 11.9 Å². The molecule has 2 N–H and O–H groups in total. The second kappa shape index (κ2) is 10.9. The average molecular weight is 407 g/mol. The zero-order valence-electron chi connectivity index (χ0n) is 18.2. The normalized spacial score (nSPS) is 19.0. The minimum atomic E-state index is -0.258. The van der Waals surface area contributed by atoms with Crippen molar-refractivity contribution in [1.29, 1.82) is 0 Å². The van der Waals surface area contributed by atoms with Crippen LogP contribution in [-0.2, 0) is 4.79 Å². The summed E-state index contributed by atoms with van der Waals surface area (Å²) in [4.78, 5) is 29.0. The summed E-state index contributed by atoms with van der Waals surface area (Å²) in [5, 5.41) is 5.85. The third-order valence-electron chi connectivity index (χ3n) is 5.17. The van der Waals surface area contributed by atoms with Gasteiger partial charge in [-0.15, -0.1) is 0 Å². The first-order valence-electron chi connectivity index (χ1n) is 10.1. The number of carbonyl (C=O) groups is 2. The van der Waals surface area contributed by atoms with Crippen LogP contribution in [-0.4, -0.2) is 82.8 Å². The van der Waals surface area contributed by atoms with Gasteiger partial charge in [0.1, 0.15) is 0 Å². The Kier molecular flexibility index (Phi) is 8.57. The SMILES string of the molecule is CCNC(=O)N1CC(C(=O)NCCN(C)C)CC(c2ccc(OC)c(OC)c2)C1. The van der Waals surface area contributed by atoms with E-state index in [1.807, 2.05) is 44.1 Å². The Labute approximate surface area is 173 Å². The lowest BCUT2D eigenvalue weighted by molar-refractivity contribution is -0.126. The first kappa shape index (κ1) is 22.8. The monoisotopic (exact) mass is 406 g/mol. The van der Waals surface area contributed by atoms with Crippen LogP contribution >= 0.6 is 0 Å². The number of nitrogens with one attached hydrogen (secondary N) is 2. The number of amides is 3. The van der Waals surface area contributed by atoms with Crippen LogP contribution < -0.4 is 20.1 Å². The highest BCUT2D eigenvalue weighted by Gasteiger charge is 2.34. The van der Waals surface area contributed by atoms with Gasteiger partial charge in [-0.3, -0.25) is 4.79 Å². The van der Waals surface area contributed by atoms with E-state index < -0.39 is 0 Å². The number of likely N-dealkylation sites (N-methyl/N-ethyl adjacent to an activating group) is 1. The molecule has 2 unspecified atom stereocenters. The molecule has 2 rings (SSSR count). The van der Waals surface area contributed by atoms with Gasteiger partial charge >= 0.3 is 6.03 Å². The quantitative estimate of drug-likeness (QED) is 0.684. The summed E-state index contributed by atoms with van der Waals surface area (Å²) in [6.45, 7) is 4.78. The van der Waals surface area contributed by atoms with Gasteiger partial charge in [0.2, 0.25) is 5.91 Å². The van der Waals surface area contributed by atoms with E-state index in [1.54, 1.807) is 19.1 Å². The largest absolute Gasteiger partial charge is 0.493 e. The van der Waals surface area contributed by atoms with Crippen molar-refractivity contribution in [2.24, 2.45) is 5.92 Å². The highest BCUT2D eigenvalue weighted by molar-refractivity contribution is 5.81. The molecule has 0 aliphatic carbocycles. The molecule has 0 bridgehead atoms.